The van der Waals surface area contributed by atoms with E-state index in [1.165, 1.54) is 11.3 Å². The van der Waals surface area contributed by atoms with Crippen LogP contribution in [0.1, 0.15) is 16.1 Å². The van der Waals surface area contributed by atoms with Crippen LogP contribution in [0.3, 0.4) is 0 Å². The number of rotatable bonds is 4. The molecule has 0 atom stereocenters. The highest BCUT2D eigenvalue weighted by Crippen LogP contribution is 2.29. The average molecular weight is 400 g/mol. The van der Waals surface area contributed by atoms with Gasteiger partial charge in [-0.25, -0.2) is 4.98 Å². The summed E-state index contributed by atoms with van der Waals surface area (Å²) < 4.78 is 7.30. The summed E-state index contributed by atoms with van der Waals surface area (Å²) >= 11 is 1.53. The van der Waals surface area contributed by atoms with Gasteiger partial charge in [-0.2, -0.15) is 0 Å². The zero-order valence-corrected chi connectivity index (χ0v) is 16.3. The van der Waals surface area contributed by atoms with Crippen molar-refractivity contribution in [2.24, 2.45) is 0 Å². The van der Waals surface area contributed by atoms with Gasteiger partial charge in [0.05, 0.1) is 16.3 Å². The maximum atomic E-state index is 12.8. The van der Waals surface area contributed by atoms with E-state index in [9.17, 15) is 4.79 Å². The molecule has 5 rings (SSSR count). The highest BCUT2D eigenvalue weighted by Gasteiger charge is 2.17. The molecule has 5 aromatic rings. The molecule has 142 valence electrons. The third-order valence-electron chi connectivity index (χ3n) is 4.64. The fourth-order valence-corrected chi connectivity index (χ4v) is 3.88. The number of nitrogens with one attached hydrogen (secondary N) is 1. The molecule has 0 saturated heterocycles. The number of thiophene rings is 1. The highest BCUT2D eigenvalue weighted by molar-refractivity contribution is 7.13. The van der Waals surface area contributed by atoms with E-state index in [1.54, 1.807) is 6.07 Å². The molecule has 4 aromatic heterocycles. The highest BCUT2D eigenvalue weighted by atomic mass is 32.1. The molecule has 4 heterocycles. The first-order chi connectivity index (χ1) is 14.2. The summed E-state index contributed by atoms with van der Waals surface area (Å²) in [5, 5.41) is 8.80. The van der Waals surface area contributed by atoms with E-state index < -0.39 is 0 Å². The Hall–Kier alpha value is -3.71. The van der Waals surface area contributed by atoms with Gasteiger partial charge in [0.15, 0.2) is 11.5 Å². The second-order valence-electron chi connectivity index (χ2n) is 6.60. The summed E-state index contributed by atoms with van der Waals surface area (Å²) in [4.78, 5) is 18.4. The van der Waals surface area contributed by atoms with E-state index in [-0.39, 0.29) is 11.6 Å². The Balaban J connectivity index is 1.46. The Morgan fingerprint density at radius 1 is 1.14 bits per heavy atom. The number of fused-ring (bicyclic) bond motifs is 1. The maximum absolute atomic E-state index is 12.8. The van der Waals surface area contributed by atoms with Gasteiger partial charge in [0, 0.05) is 24.0 Å². The number of imidazole rings is 1. The first-order valence-electron chi connectivity index (χ1n) is 9.05. The summed E-state index contributed by atoms with van der Waals surface area (Å²) in [5.41, 5.74) is 4.50. The molecule has 1 aromatic carbocycles. The van der Waals surface area contributed by atoms with Gasteiger partial charge in [-0.05, 0) is 36.1 Å². The Labute approximate surface area is 170 Å². The second kappa shape index (κ2) is 7.03. The number of benzene rings is 1. The van der Waals surface area contributed by atoms with Gasteiger partial charge in [0.2, 0.25) is 0 Å². The van der Waals surface area contributed by atoms with Crippen LogP contribution in [-0.2, 0) is 0 Å². The van der Waals surface area contributed by atoms with Crippen molar-refractivity contribution in [3.63, 3.8) is 0 Å². The van der Waals surface area contributed by atoms with Crippen LogP contribution in [0.4, 0.5) is 5.69 Å². The molecule has 7 heteroatoms. The summed E-state index contributed by atoms with van der Waals surface area (Å²) in [6, 6.07) is 17.1. The van der Waals surface area contributed by atoms with Crippen LogP contribution in [0.15, 0.2) is 76.9 Å². The third kappa shape index (κ3) is 3.21. The maximum Gasteiger partial charge on any atom is 0.277 e. The lowest BCUT2D eigenvalue weighted by Crippen LogP contribution is -2.12. The largest absolute Gasteiger partial charge is 0.355 e. The van der Waals surface area contributed by atoms with Crippen molar-refractivity contribution in [2.45, 2.75) is 6.92 Å². The number of aromatic nitrogens is 3. The first kappa shape index (κ1) is 17.4. The fourth-order valence-electron chi connectivity index (χ4n) is 3.20. The van der Waals surface area contributed by atoms with Gasteiger partial charge in [0.25, 0.3) is 5.91 Å². The minimum absolute atomic E-state index is 0.231. The van der Waals surface area contributed by atoms with Gasteiger partial charge < -0.3 is 14.2 Å². The normalized spacial score (nSPS) is 11.1. The molecule has 0 unspecified atom stereocenters. The van der Waals surface area contributed by atoms with E-state index in [0.29, 0.717) is 11.4 Å². The lowest BCUT2D eigenvalue weighted by Gasteiger charge is -2.07. The van der Waals surface area contributed by atoms with Gasteiger partial charge in [-0.15, -0.1) is 11.3 Å². The quantitative estimate of drug-likeness (QED) is 0.446. The van der Waals surface area contributed by atoms with E-state index in [4.69, 9.17) is 9.51 Å². The molecule has 0 aliphatic rings. The van der Waals surface area contributed by atoms with Crippen molar-refractivity contribution >= 4 is 28.6 Å². The molecule has 0 saturated carbocycles. The molecule has 29 heavy (non-hydrogen) atoms. The Morgan fingerprint density at radius 3 is 2.86 bits per heavy atom. The molecule has 1 amide bonds. The molecule has 0 aliphatic carbocycles. The molecule has 0 fully saturated rings. The van der Waals surface area contributed by atoms with Crippen molar-refractivity contribution in [2.75, 3.05) is 5.32 Å². The number of carbonyl (C=O) groups excluding carboxylic acids is 1. The first-order valence-corrected chi connectivity index (χ1v) is 9.93. The molecule has 0 bridgehead atoms. The molecular weight excluding hydrogens is 384 g/mol. The zero-order valence-electron chi connectivity index (χ0n) is 15.5. The number of anilines is 1. The van der Waals surface area contributed by atoms with E-state index in [1.807, 2.05) is 77.6 Å². The Morgan fingerprint density at radius 2 is 2.03 bits per heavy atom. The lowest BCUT2D eigenvalue weighted by atomic mass is 10.1. The average Bonchev–Trinajstić information content (AvgIpc) is 3.48. The number of aryl methyl sites for hydroxylation is 1. The predicted molar refractivity (Wildman–Crippen MR) is 113 cm³/mol. The number of para-hydroxylation sites is 1. The summed E-state index contributed by atoms with van der Waals surface area (Å²) in [5.74, 6) is 0.248. The standard InChI is InChI=1S/C22H16N4O2S/c1-14-6-4-10-26-13-18(23-21(14)26)15-7-2-3-8-16(15)24-22(27)17-12-19(28-25-17)20-9-5-11-29-20/h2-13H,1H3,(H,24,27). The molecule has 0 aliphatic heterocycles. The SMILES string of the molecule is Cc1cccn2cc(-c3ccccc3NC(=O)c3cc(-c4cccs4)on3)nc12. The number of pyridine rings is 1. The number of amides is 1. The zero-order chi connectivity index (χ0) is 19.8. The van der Waals surface area contributed by atoms with Crippen molar-refractivity contribution in [1.82, 2.24) is 14.5 Å². The molecule has 0 spiro atoms. The second-order valence-corrected chi connectivity index (χ2v) is 7.55. The fraction of sp³-hybridized carbons (Fsp3) is 0.0455. The van der Waals surface area contributed by atoms with Crippen LogP contribution >= 0.6 is 11.3 Å². The van der Waals surface area contributed by atoms with Crippen molar-refractivity contribution in [3.05, 3.63) is 83.6 Å². The molecule has 6 nitrogen and oxygen atoms in total. The van der Waals surface area contributed by atoms with Gasteiger partial charge in [0.1, 0.15) is 5.65 Å². The van der Waals surface area contributed by atoms with Gasteiger partial charge >= 0.3 is 0 Å². The van der Waals surface area contributed by atoms with Crippen molar-refractivity contribution < 1.29 is 9.32 Å². The number of carbonyl (C=O) groups is 1. The van der Waals surface area contributed by atoms with Crippen LogP contribution in [0.5, 0.6) is 0 Å². The van der Waals surface area contributed by atoms with Gasteiger partial charge in [-0.3, -0.25) is 4.79 Å². The van der Waals surface area contributed by atoms with E-state index in [2.05, 4.69) is 10.5 Å². The third-order valence-corrected chi connectivity index (χ3v) is 5.52. The number of hydrogen-bond donors (Lipinski definition) is 1. The van der Waals surface area contributed by atoms with Crippen LogP contribution in [0, 0.1) is 6.92 Å². The van der Waals surface area contributed by atoms with E-state index in [0.717, 1.165) is 27.3 Å². The van der Waals surface area contributed by atoms with Crippen LogP contribution in [0.25, 0.3) is 27.5 Å². The minimum Gasteiger partial charge on any atom is -0.355 e. The van der Waals surface area contributed by atoms with E-state index >= 15 is 0 Å². The van der Waals surface area contributed by atoms with Crippen molar-refractivity contribution in [3.8, 4) is 21.9 Å². The Kier molecular flexibility index (Phi) is 4.22. The van der Waals surface area contributed by atoms with Gasteiger partial charge in [-0.1, -0.05) is 35.5 Å². The Bertz CT molecular complexity index is 1320. The molecule has 0 radical (unpaired) electrons. The van der Waals surface area contributed by atoms with Crippen LogP contribution < -0.4 is 5.32 Å². The molecule has 1 N–H and O–H groups in total. The topological polar surface area (TPSA) is 72.4 Å². The lowest BCUT2D eigenvalue weighted by molar-refractivity contribution is 0.101. The number of hydrogen-bond acceptors (Lipinski definition) is 5. The molecular formula is C22H16N4O2S. The predicted octanol–water partition coefficient (Wildman–Crippen LogP) is 5.28. The summed E-state index contributed by atoms with van der Waals surface area (Å²) in [6.07, 6.45) is 3.92. The smallest absolute Gasteiger partial charge is 0.277 e. The van der Waals surface area contributed by atoms with Crippen molar-refractivity contribution in [1.29, 1.82) is 0 Å². The van der Waals surface area contributed by atoms with Crippen LogP contribution in [0.2, 0.25) is 0 Å². The van der Waals surface area contributed by atoms with Crippen LogP contribution in [-0.4, -0.2) is 20.4 Å². The minimum atomic E-state index is -0.330. The summed E-state index contributed by atoms with van der Waals surface area (Å²) in [7, 11) is 0. The number of nitrogens with zero attached hydrogens (tertiary/aromatic N) is 3. The summed E-state index contributed by atoms with van der Waals surface area (Å²) in [6.45, 7) is 2.02. The monoisotopic (exact) mass is 400 g/mol.